The first-order valence-corrected chi connectivity index (χ1v) is 10.7. The number of thiol groups is 1. The standard InChI is InChI=1S/C22H17IO2S/c23-21-15-16-22(25-21)24-17-11-13-20(14-12-17)26(18-7-3-1-4-8-18)19-9-5-2-6-10-19/h1-16,26H. The summed E-state index contributed by atoms with van der Waals surface area (Å²) in [4.78, 5) is 3.96. The van der Waals surface area contributed by atoms with Gasteiger partial charge in [-0.25, -0.2) is 0 Å². The number of furan rings is 1. The van der Waals surface area contributed by atoms with E-state index in [-0.39, 0.29) is 0 Å². The van der Waals surface area contributed by atoms with E-state index in [1.54, 1.807) is 0 Å². The molecule has 1 heterocycles. The van der Waals surface area contributed by atoms with E-state index in [1.807, 2.05) is 24.3 Å². The topological polar surface area (TPSA) is 22.4 Å². The first-order valence-electron chi connectivity index (χ1n) is 8.23. The average molecular weight is 472 g/mol. The molecule has 4 aromatic rings. The van der Waals surface area contributed by atoms with Gasteiger partial charge < -0.3 is 9.15 Å². The van der Waals surface area contributed by atoms with E-state index in [2.05, 4.69) is 95.4 Å². The fourth-order valence-corrected chi connectivity index (χ4v) is 5.41. The van der Waals surface area contributed by atoms with Crippen LogP contribution in [0, 0.1) is 3.77 Å². The van der Waals surface area contributed by atoms with E-state index in [9.17, 15) is 0 Å². The third-order valence-corrected chi connectivity index (χ3v) is 6.91. The zero-order valence-corrected chi connectivity index (χ0v) is 16.9. The number of ether oxygens (including phenoxy) is 1. The lowest BCUT2D eigenvalue weighted by Crippen LogP contribution is -1.89. The third-order valence-electron chi connectivity index (χ3n) is 3.89. The molecule has 0 N–H and O–H groups in total. The van der Waals surface area contributed by atoms with Crippen LogP contribution in [0.25, 0.3) is 0 Å². The Bertz CT molecular complexity index is 926. The van der Waals surface area contributed by atoms with Gasteiger partial charge in [0.25, 0.3) is 5.95 Å². The van der Waals surface area contributed by atoms with E-state index < -0.39 is 10.9 Å². The molecule has 0 bridgehead atoms. The van der Waals surface area contributed by atoms with Crippen molar-refractivity contribution in [3.8, 4) is 11.7 Å². The van der Waals surface area contributed by atoms with Gasteiger partial charge in [-0.05, 0) is 91.9 Å². The fourth-order valence-electron chi connectivity index (χ4n) is 2.73. The highest BCUT2D eigenvalue weighted by atomic mass is 127. The number of rotatable bonds is 5. The summed E-state index contributed by atoms with van der Waals surface area (Å²) < 4.78 is 12.1. The summed E-state index contributed by atoms with van der Waals surface area (Å²) in [5.41, 5.74) is 0. The zero-order chi connectivity index (χ0) is 17.8. The van der Waals surface area contributed by atoms with Gasteiger partial charge in [0.05, 0.1) is 0 Å². The summed E-state index contributed by atoms with van der Waals surface area (Å²) in [5, 5.41) is 0. The molecular formula is C22H17IO2S. The third kappa shape index (κ3) is 3.97. The minimum absolute atomic E-state index is 0.510. The Balaban J connectivity index is 1.66. The number of benzene rings is 3. The van der Waals surface area contributed by atoms with Crippen LogP contribution in [0.5, 0.6) is 11.7 Å². The van der Waals surface area contributed by atoms with Gasteiger partial charge in [0.2, 0.25) is 0 Å². The van der Waals surface area contributed by atoms with Crippen LogP contribution in [0.3, 0.4) is 0 Å². The number of hydrogen-bond donors (Lipinski definition) is 1. The molecule has 4 heteroatoms. The van der Waals surface area contributed by atoms with Crippen molar-refractivity contribution in [1.82, 2.24) is 0 Å². The SMILES string of the molecule is Ic1ccc(Oc2ccc([SH](c3ccccc3)c3ccccc3)cc2)o1. The van der Waals surface area contributed by atoms with Gasteiger partial charge in [-0.1, -0.05) is 36.4 Å². The quantitative estimate of drug-likeness (QED) is 0.246. The summed E-state index contributed by atoms with van der Waals surface area (Å²) in [7, 11) is -0.594. The second-order valence-corrected chi connectivity index (χ2v) is 8.94. The minimum Gasteiger partial charge on any atom is -0.426 e. The summed E-state index contributed by atoms with van der Waals surface area (Å²) >= 11 is 2.13. The van der Waals surface area contributed by atoms with E-state index >= 15 is 0 Å². The van der Waals surface area contributed by atoms with Gasteiger partial charge >= 0.3 is 0 Å². The molecule has 3 aromatic carbocycles. The van der Waals surface area contributed by atoms with Gasteiger partial charge in [-0.15, -0.1) is 0 Å². The smallest absolute Gasteiger partial charge is 0.290 e. The minimum atomic E-state index is -0.594. The highest BCUT2D eigenvalue weighted by molar-refractivity contribution is 14.1. The van der Waals surface area contributed by atoms with Crippen molar-refractivity contribution in [1.29, 1.82) is 0 Å². The molecule has 0 aliphatic rings. The van der Waals surface area contributed by atoms with Crippen LogP contribution in [0.15, 0.2) is 116 Å². The molecule has 1 aromatic heterocycles. The Morgan fingerprint density at radius 3 is 1.65 bits per heavy atom. The van der Waals surface area contributed by atoms with Crippen LogP contribution >= 0.6 is 33.5 Å². The molecule has 130 valence electrons. The van der Waals surface area contributed by atoms with E-state index in [0.717, 1.165) is 9.52 Å². The highest BCUT2D eigenvalue weighted by Gasteiger charge is 2.12. The van der Waals surface area contributed by atoms with Crippen molar-refractivity contribution in [2.45, 2.75) is 14.7 Å². The lowest BCUT2D eigenvalue weighted by atomic mass is 10.3. The van der Waals surface area contributed by atoms with Gasteiger partial charge in [0.15, 0.2) is 3.77 Å². The molecule has 2 nitrogen and oxygen atoms in total. The molecule has 0 fully saturated rings. The lowest BCUT2D eigenvalue weighted by Gasteiger charge is -2.23. The largest absolute Gasteiger partial charge is 0.426 e. The van der Waals surface area contributed by atoms with Gasteiger partial charge in [0.1, 0.15) is 5.75 Å². The normalized spacial score (nSPS) is 11.2. The average Bonchev–Trinajstić information content (AvgIpc) is 3.10. The van der Waals surface area contributed by atoms with Gasteiger partial charge in [0, 0.05) is 6.07 Å². The Morgan fingerprint density at radius 2 is 1.15 bits per heavy atom. The summed E-state index contributed by atoms with van der Waals surface area (Å²) in [6, 6.07) is 33.4. The predicted molar refractivity (Wildman–Crippen MR) is 115 cm³/mol. The van der Waals surface area contributed by atoms with Crippen LogP contribution in [-0.4, -0.2) is 0 Å². The molecule has 0 amide bonds. The second kappa shape index (κ2) is 8.01. The molecule has 0 aliphatic heterocycles. The predicted octanol–water partition coefficient (Wildman–Crippen LogP) is 7.15. The van der Waals surface area contributed by atoms with Crippen molar-refractivity contribution in [3.05, 3.63) is 101 Å². The Morgan fingerprint density at radius 1 is 0.615 bits per heavy atom. The van der Waals surface area contributed by atoms with Crippen LogP contribution in [0.2, 0.25) is 0 Å². The molecule has 0 aliphatic carbocycles. The highest BCUT2D eigenvalue weighted by Crippen LogP contribution is 2.51. The Labute approximate surface area is 169 Å². The first-order chi connectivity index (χ1) is 12.8. The van der Waals surface area contributed by atoms with Gasteiger partial charge in [-0.2, -0.15) is 10.9 Å². The molecular weight excluding hydrogens is 455 g/mol. The Kier molecular flexibility index (Phi) is 5.32. The van der Waals surface area contributed by atoms with Crippen molar-refractivity contribution < 1.29 is 9.15 Å². The van der Waals surface area contributed by atoms with Crippen molar-refractivity contribution in [3.63, 3.8) is 0 Å². The van der Waals surface area contributed by atoms with E-state index in [1.165, 1.54) is 14.7 Å². The zero-order valence-electron chi connectivity index (χ0n) is 13.9. The van der Waals surface area contributed by atoms with Crippen LogP contribution in [0.4, 0.5) is 0 Å². The monoisotopic (exact) mass is 472 g/mol. The van der Waals surface area contributed by atoms with Crippen LogP contribution in [-0.2, 0) is 0 Å². The van der Waals surface area contributed by atoms with E-state index in [4.69, 9.17) is 9.15 Å². The maximum Gasteiger partial charge on any atom is 0.290 e. The van der Waals surface area contributed by atoms with Crippen LogP contribution < -0.4 is 4.74 Å². The van der Waals surface area contributed by atoms with Crippen molar-refractivity contribution in [2.24, 2.45) is 0 Å². The molecule has 0 atom stereocenters. The molecule has 0 spiro atoms. The first kappa shape index (κ1) is 17.2. The molecule has 0 saturated carbocycles. The summed E-state index contributed by atoms with van der Waals surface area (Å²) in [6.45, 7) is 0. The second-order valence-electron chi connectivity index (χ2n) is 5.66. The van der Waals surface area contributed by atoms with Crippen molar-refractivity contribution in [2.75, 3.05) is 0 Å². The number of hydrogen-bond acceptors (Lipinski definition) is 2. The van der Waals surface area contributed by atoms with Crippen LogP contribution in [0.1, 0.15) is 0 Å². The Hall–Kier alpha value is -2.18. The van der Waals surface area contributed by atoms with E-state index in [0.29, 0.717) is 5.95 Å². The lowest BCUT2D eigenvalue weighted by molar-refractivity contribution is 0.337. The number of halogens is 1. The summed E-state index contributed by atoms with van der Waals surface area (Å²) in [5.74, 6) is 1.28. The molecule has 4 rings (SSSR count). The van der Waals surface area contributed by atoms with Gasteiger partial charge in [-0.3, -0.25) is 0 Å². The molecule has 0 unspecified atom stereocenters. The maximum atomic E-state index is 5.78. The maximum absolute atomic E-state index is 5.78. The fraction of sp³-hybridized carbons (Fsp3) is 0. The van der Waals surface area contributed by atoms with Crippen molar-refractivity contribution >= 4 is 33.5 Å². The molecule has 26 heavy (non-hydrogen) atoms. The molecule has 0 radical (unpaired) electrons. The summed E-state index contributed by atoms with van der Waals surface area (Å²) in [6.07, 6.45) is 0. The molecule has 0 saturated heterocycles.